The van der Waals surface area contributed by atoms with Gasteiger partial charge in [-0.1, -0.05) is 115 Å². The van der Waals surface area contributed by atoms with Crippen LogP contribution < -0.4 is 0 Å². The molecule has 0 bridgehead atoms. The standard InChI is InChI=1S/C18H36O2.C7H8O3S/c1-2-3-4-5-6-7-8-9-10-11-12-13-14-15-16-17-18(19)20;1-6-2-4-7(5-3-6)11(8,9)10/h2-17H2,1H3,(H,19,20);2-5H,1H3,(H,8,9,10). The van der Waals surface area contributed by atoms with Gasteiger partial charge in [-0.15, -0.1) is 0 Å². The van der Waals surface area contributed by atoms with E-state index in [1.54, 1.807) is 12.1 Å². The number of carboxylic acid groups (broad SMARTS) is 1. The first-order chi connectivity index (χ1) is 14.8. The van der Waals surface area contributed by atoms with E-state index in [-0.39, 0.29) is 4.90 Å². The van der Waals surface area contributed by atoms with E-state index in [1.807, 2.05) is 6.92 Å². The van der Waals surface area contributed by atoms with Gasteiger partial charge in [-0.3, -0.25) is 9.35 Å². The molecular weight excluding hydrogens is 412 g/mol. The van der Waals surface area contributed by atoms with Crippen molar-refractivity contribution >= 4 is 16.1 Å². The van der Waals surface area contributed by atoms with Crippen LogP contribution in [0.1, 0.15) is 115 Å². The van der Waals surface area contributed by atoms with Gasteiger partial charge in [0.15, 0.2) is 0 Å². The van der Waals surface area contributed by atoms with Gasteiger partial charge in [-0.25, -0.2) is 0 Å². The van der Waals surface area contributed by atoms with Crippen molar-refractivity contribution in [2.45, 2.75) is 121 Å². The molecule has 0 atom stereocenters. The van der Waals surface area contributed by atoms with Gasteiger partial charge in [0.05, 0.1) is 4.90 Å². The third kappa shape index (κ3) is 20.3. The molecule has 0 aromatic heterocycles. The van der Waals surface area contributed by atoms with Crippen LogP contribution in [0.3, 0.4) is 0 Å². The Morgan fingerprint density at radius 2 is 1.06 bits per heavy atom. The lowest BCUT2D eigenvalue weighted by Gasteiger charge is -2.03. The highest BCUT2D eigenvalue weighted by atomic mass is 32.2. The van der Waals surface area contributed by atoms with Crippen LogP contribution in [0.25, 0.3) is 0 Å². The molecule has 0 aliphatic heterocycles. The fraction of sp³-hybridized carbons (Fsp3) is 0.720. The monoisotopic (exact) mass is 456 g/mol. The van der Waals surface area contributed by atoms with Gasteiger partial charge in [0.1, 0.15) is 0 Å². The van der Waals surface area contributed by atoms with Crippen molar-refractivity contribution in [1.29, 1.82) is 0 Å². The van der Waals surface area contributed by atoms with E-state index in [2.05, 4.69) is 6.92 Å². The van der Waals surface area contributed by atoms with Crippen LogP contribution in [0.4, 0.5) is 0 Å². The predicted octanol–water partition coefficient (Wildman–Crippen LogP) is 7.57. The molecule has 0 saturated carbocycles. The average Bonchev–Trinajstić information content (AvgIpc) is 2.71. The molecule has 0 fully saturated rings. The summed E-state index contributed by atoms with van der Waals surface area (Å²) in [6, 6.07) is 5.99. The van der Waals surface area contributed by atoms with Gasteiger partial charge in [0, 0.05) is 6.42 Å². The summed E-state index contributed by atoms with van der Waals surface area (Å²) in [5.41, 5.74) is 0.956. The molecule has 0 aliphatic rings. The quantitative estimate of drug-likeness (QED) is 0.186. The molecule has 0 spiro atoms. The summed E-state index contributed by atoms with van der Waals surface area (Å²) in [6.45, 7) is 4.11. The fourth-order valence-corrected chi connectivity index (χ4v) is 3.84. The van der Waals surface area contributed by atoms with E-state index in [9.17, 15) is 13.2 Å². The molecule has 2 N–H and O–H groups in total. The van der Waals surface area contributed by atoms with Gasteiger partial charge in [0.2, 0.25) is 0 Å². The van der Waals surface area contributed by atoms with Gasteiger partial charge < -0.3 is 5.11 Å². The molecule has 0 amide bonds. The Kier molecular flexibility index (Phi) is 18.4. The van der Waals surface area contributed by atoms with E-state index < -0.39 is 16.1 Å². The lowest BCUT2D eigenvalue weighted by molar-refractivity contribution is -0.137. The van der Waals surface area contributed by atoms with Crippen molar-refractivity contribution in [2.24, 2.45) is 0 Å². The summed E-state index contributed by atoms with van der Waals surface area (Å²) in [5, 5.41) is 8.52. The van der Waals surface area contributed by atoms with Crippen molar-refractivity contribution in [1.82, 2.24) is 0 Å². The van der Waals surface area contributed by atoms with E-state index in [1.165, 1.54) is 95.6 Å². The maximum absolute atomic E-state index is 10.5. The lowest BCUT2D eigenvalue weighted by Crippen LogP contribution is -1.96. The number of benzene rings is 1. The minimum atomic E-state index is -4.02. The zero-order valence-corrected chi connectivity index (χ0v) is 20.5. The van der Waals surface area contributed by atoms with Gasteiger partial charge in [-0.2, -0.15) is 8.42 Å². The minimum Gasteiger partial charge on any atom is -0.481 e. The molecule has 1 aromatic rings. The molecule has 0 saturated heterocycles. The topological polar surface area (TPSA) is 91.7 Å². The maximum Gasteiger partial charge on any atom is 0.303 e. The number of aryl methyl sites for hydroxylation is 1. The number of rotatable bonds is 17. The number of hydrogen-bond acceptors (Lipinski definition) is 3. The largest absolute Gasteiger partial charge is 0.481 e. The second-order valence-electron chi connectivity index (χ2n) is 8.38. The molecule has 0 heterocycles. The van der Waals surface area contributed by atoms with Crippen molar-refractivity contribution < 1.29 is 22.9 Å². The second kappa shape index (κ2) is 19.3. The van der Waals surface area contributed by atoms with Gasteiger partial charge in [0.25, 0.3) is 10.1 Å². The Balaban J connectivity index is 0.000000683. The summed E-state index contributed by atoms with van der Waals surface area (Å²) >= 11 is 0. The van der Waals surface area contributed by atoms with E-state index >= 15 is 0 Å². The number of carboxylic acids is 1. The number of aliphatic carboxylic acids is 1. The predicted molar refractivity (Wildman–Crippen MR) is 128 cm³/mol. The molecule has 6 heteroatoms. The number of carbonyl (C=O) groups is 1. The summed E-state index contributed by atoms with van der Waals surface area (Å²) in [4.78, 5) is 10.3. The molecule has 5 nitrogen and oxygen atoms in total. The summed E-state index contributed by atoms with van der Waals surface area (Å²) in [6.07, 6.45) is 20.2. The molecule has 0 radical (unpaired) electrons. The third-order valence-electron chi connectivity index (χ3n) is 5.31. The first-order valence-electron chi connectivity index (χ1n) is 12.0. The first kappa shape index (κ1) is 29.6. The summed E-state index contributed by atoms with van der Waals surface area (Å²) < 4.78 is 29.6. The van der Waals surface area contributed by atoms with Crippen LogP contribution in [0.15, 0.2) is 29.2 Å². The molecule has 1 rings (SSSR count). The lowest BCUT2D eigenvalue weighted by atomic mass is 10.0. The molecular formula is C25H44O5S. The van der Waals surface area contributed by atoms with Crippen LogP contribution in [-0.2, 0) is 14.9 Å². The van der Waals surface area contributed by atoms with Crippen molar-refractivity contribution in [2.75, 3.05) is 0 Å². The molecule has 1 aromatic carbocycles. The smallest absolute Gasteiger partial charge is 0.303 e. The van der Waals surface area contributed by atoms with Crippen LogP contribution in [0.2, 0.25) is 0 Å². The van der Waals surface area contributed by atoms with Crippen LogP contribution in [0, 0.1) is 6.92 Å². The van der Waals surface area contributed by atoms with Crippen molar-refractivity contribution in [3.63, 3.8) is 0 Å². The first-order valence-corrected chi connectivity index (χ1v) is 13.5. The number of unbranched alkanes of at least 4 members (excludes halogenated alkanes) is 14. The number of hydrogen-bond donors (Lipinski definition) is 2. The second-order valence-corrected chi connectivity index (χ2v) is 9.80. The highest BCUT2D eigenvalue weighted by Gasteiger charge is 2.06. The zero-order chi connectivity index (χ0) is 23.4. The Bertz CT molecular complexity index is 653. The average molecular weight is 457 g/mol. The van der Waals surface area contributed by atoms with E-state index in [0.717, 1.165) is 18.4 Å². The maximum atomic E-state index is 10.5. The van der Waals surface area contributed by atoms with E-state index in [4.69, 9.17) is 9.66 Å². The van der Waals surface area contributed by atoms with Crippen molar-refractivity contribution in [3.8, 4) is 0 Å². The molecule has 0 aliphatic carbocycles. The SMILES string of the molecule is CCCCCCCCCCCCCCCCCC(=O)O.Cc1ccc(S(=O)(=O)O)cc1. The fourth-order valence-electron chi connectivity index (χ4n) is 3.36. The highest BCUT2D eigenvalue weighted by Crippen LogP contribution is 2.13. The van der Waals surface area contributed by atoms with Crippen LogP contribution in [0.5, 0.6) is 0 Å². The molecule has 0 unspecified atom stereocenters. The summed E-state index contributed by atoms with van der Waals surface area (Å²) in [5.74, 6) is -0.653. The van der Waals surface area contributed by atoms with Crippen LogP contribution >= 0.6 is 0 Å². The zero-order valence-electron chi connectivity index (χ0n) is 19.7. The van der Waals surface area contributed by atoms with Gasteiger partial charge >= 0.3 is 5.97 Å². The molecule has 31 heavy (non-hydrogen) atoms. The van der Waals surface area contributed by atoms with Crippen molar-refractivity contribution in [3.05, 3.63) is 29.8 Å². The van der Waals surface area contributed by atoms with E-state index in [0.29, 0.717) is 6.42 Å². The normalized spacial score (nSPS) is 11.1. The Morgan fingerprint density at radius 3 is 1.39 bits per heavy atom. The minimum absolute atomic E-state index is 0.0666. The van der Waals surface area contributed by atoms with Gasteiger partial charge in [-0.05, 0) is 25.5 Å². The summed E-state index contributed by atoms with van der Waals surface area (Å²) in [7, 11) is -4.02. The third-order valence-corrected chi connectivity index (χ3v) is 6.18. The Labute approximate surface area is 190 Å². The Hall–Kier alpha value is -1.40. The Morgan fingerprint density at radius 1 is 0.710 bits per heavy atom. The molecule has 180 valence electrons. The van der Waals surface area contributed by atoms with Crippen LogP contribution in [-0.4, -0.2) is 24.0 Å². The highest BCUT2D eigenvalue weighted by molar-refractivity contribution is 7.85.